The Bertz CT molecular complexity index is 1400. The fraction of sp³-hybridized carbons (Fsp3) is 0.190. The van der Waals surface area contributed by atoms with E-state index < -0.39 is 16.2 Å². The van der Waals surface area contributed by atoms with E-state index in [4.69, 9.17) is 0 Å². The molecule has 0 saturated carbocycles. The van der Waals surface area contributed by atoms with Crippen molar-refractivity contribution in [3.63, 3.8) is 0 Å². The number of hydrogen-bond acceptors (Lipinski definition) is 5. The summed E-state index contributed by atoms with van der Waals surface area (Å²) in [6.07, 6.45) is 1.48. The Labute approximate surface area is 170 Å². The average molecular weight is 405 g/mol. The van der Waals surface area contributed by atoms with E-state index in [1.54, 1.807) is 29.7 Å². The van der Waals surface area contributed by atoms with Crippen LogP contribution in [0.2, 0.25) is 0 Å². The standard InChI is InChI=1S/C21H19N5O4/c1-3-24-20(27)18-19(25(21(24)28)16-8-4-6-14(2)10-16)22-13-23(18)12-15-7-5-9-17(11-15)26(29)30/h4-11,13H,3,12H2,1-2H3. The van der Waals surface area contributed by atoms with E-state index in [1.165, 1.54) is 23.0 Å². The summed E-state index contributed by atoms with van der Waals surface area (Å²) in [5.74, 6) is 0. The summed E-state index contributed by atoms with van der Waals surface area (Å²) in [6.45, 7) is 4.07. The second-order valence-electron chi connectivity index (χ2n) is 6.98. The fourth-order valence-electron chi connectivity index (χ4n) is 3.54. The predicted molar refractivity (Wildman–Crippen MR) is 112 cm³/mol. The Morgan fingerprint density at radius 3 is 2.57 bits per heavy atom. The molecule has 0 atom stereocenters. The quantitative estimate of drug-likeness (QED) is 0.375. The number of rotatable bonds is 5. The Morgan fingerprint density at radius 1 is 1.10 bits per heavy atom. The van der Waals surface area contributed by atoms with Crippen molar-refractivity contribution in [1.29, 1.82) is 0 Å². The van der Waals surface area contributed by atoms with Gasteiger partial charge in [0, 0.05) is 25.2 Å². The van der Waals surface area contributed by atoms with Crippen LogP contribution in [0, 0.1) is 17.0 Å². The number of aromatic nitrogens is 4. The number of imidazole rings is 1. The van der Waals surface area contributed by atoms with Crippen LogP contribution in [0.15, 0.2) is 64.4 Å². The molecule has 2 heterocycles. The van der Waals surface area contributed by atoms with Crippen LogP contribution in [0.4, 0.5) is 5.69 Å². The monoisotopic (exact) mass is 405 g/mol. The van der Waals surface area contributed by atoms with Crippen LogP contribution in [0.1, 0.15) is 18.1 Å². The van der Waals surface area contributed by atoms with Gasteiger partial charge >= 0.3 is 5.69 Å². The van der Waals surface area contributed by atoms with Crippen LogP contribution < -0.4 is 11.2 Å². The maximum absolute atomic E-state index is 13.1. The Hall–Kier alpha value is -4.01. The molecule has 0 aliphatic carbocycles. The number of non-ortho nitro benzene ring substituents is 1. The molecule has 0 saturated heterocycles. The minimum Gasteiger partial charge on any atom is -0.320 e. The summed E-state index contributed by atoms with van der Waals surface area (Å²) in [5, 5.41) is 11.1. The summed E-state index contributed by atoms with van der Waals surface area (Å²) < 4.78 is 4.21. The van der Waals surface area contributed by atoms with Crippen LogP contribution >= 0.6 is 0 Å². The number of nitro groups is 1. The highest BCUT2D eigenvalue weighted by Gasteiger charge is 2.19. The molecular formula is C21H19N5O4. The lowest BCUT2D eigenvalue weighted by atomic mass is 10.2. The van der Waals surface area contributed by atoms with Gasteiger partial charge < -0.3 is 4.57 Å². The molecule has 152 valence electrons. The molecule has 4 rings (SSSR count). The van der Waals surface area contributed by atoms with E-state index in [0.717, 1.165) is 10.1 Å². The SMILES string of the molecule is CCn1c(=O)c2c(ncn2Cc2cccc([N+](=O)[O-])c2)n(-c2cccc(C)c2)c1=O. The van der Waals surface area contributed by atoms with Crippen molar-refractivity contribution >= 4 is 16.9 Å². The van der Waals surface area contributed by atoms with Crippen molar-refractivity contribution in [1.82, 2.24) is 18.7 Å². The second kappa shape index (κ2) is 7.43. The molecule has 0 aliphatic rings. The topological polar surface area (TPSA) is 105 Å². The van der Waals surface area contributed by atoms with Crippen molar-refractivity contribution < 1.29 is 4.92 Å². The van der Waals surface area contributed by atoms with Crippen molar-refractivity contribution in [3.8, 4) is 5.69 Å². The molecule has 2 aromatic carbocycles. The Balaban J connectivity index is 1.95. The molecule has 0 radical (unpaired) electrons. The van der Waals surface area contributed by atoms with Crippen molar-refractivity contribution in [2.75, 3.05) is 0 Å². The molecule has 0 spiro atoms. The van der Waals surface area contributed by atoms with Crippen LogP contribution in [0.25, 0.3) is 16.9 Å². The molecule has 0 N–H and O–H groups in total. The van der Waals surface area contributed by atoms with E-state index in [2.05, 4.69) is 4.98 Å². The second-order valence-corrected chi connectivity index (χ2v) is 6.98. The van der Waals surface area contributed by atoms with E-state index in [9.17, 15) is 19.7 Å². The summed E-state index contributed by atoms with van der Waals surface area (Å²) in [6, 6.07) is 13.6. The largest absolute Gasteiger partial charge is 0.337 e. The third-order valence-corrected chi connectivity index (χ3v) is 4.95. The highest BCUT2D eigenvalue weighted by Crippen LogP contribution is 2.18. The van der Waals surface area contributed by atoms with Gasteiger partial charge in [-0.25, -0.2) is 14.3 Å². The Kier molecular flexibility index (Phi) is 4.78. The molecular weight excluding hydrogens is 386 g/mol. The maximum Gasteiger partial charge on any atom is 0.337 e. The summed E-state index contributed by atoms with van der Waals surface area (Å²) in [5.41, 5.74) is 1.84. The van der Waals surface area contributed by atoms with Gasteiger partial charge in [0.1, 0.15) is 0 Å². The van der Waals surface area contributed by atoms with Gasteiger partial charge in [-0.05, 0) is 37.1 Å². The normalized spacial score (nSPS) is 11.1. The smallest absolute Gasteiger partial charge is 0.320 e. The molecule has 4 aromatic rings. The number of hydrogen-bond donors (Lipinski definition) is 0. The summed E-state index contributed by atoms with van der Waals surface area (Å²) in [4.78, 5) is 41.1. The first-order chi connectivity index (χ1) is 14.4. The minimum absolute atomic E-state index is 0.0282. The highest BCUT2D eigenvalue weighted by atomic mass is 16.6. The zero-order valence-corrected chi connectivity index (χ0v) is 16.5. The molecule has 0 aliphatic heterocycles. The number of fused-ring (bicyclic) bond motifs is 1. The fourth-order valence-corrected chi connectivity index (χ4v) is 3.54. The van der Waals surface area contributed by atoms with Gasteiger partial charge in [0.2, 0.25) is 0 Å². The van der Waals surface area contributed by atoms with Gasteiger partial charge in [0.25, 0.3) is 11.2 Å². The van der Waals surface area contributed by atoms with Gasteiger partial charge in [0.15, 0.2) is 11.2 Å². The molecule has 9 heteroatoms. The number of nitrogens with zero attached hydrogens (tertiary/aromatic N) is 5. The van der Waals surface area contributed by atoms with Crippen molar-refractivity contribution in [3.05, 3.63) is 96.9 Å². The number of benzene rings is 2. The first kappa shape index (κ1) is 19.3. The van der Waals surface area contributed by atoms with Crippen LogP contribution in [-0.2, 0) is 13.1 Å². The molecule has 9 nitrogen and oxygen atoms in total. The molecule has 2 aromatic heterocycles. The average Bonchev–Trinajstić information content (AvgIpc) is 3.12. The van der Waals surface area contributed by atoms with E-state index in [0.29, 0.717) is 11.3 Å². The van der Waals surface area contributed by atoms with Crippen LogP contribution in [0.5, 0.6) is 0 Å². The summed E-state index contributed by atoms with van der Waals surface area (Å²) in [7, 11) is 0. The summed E-state index contributed by atoms with van der Waals surface area (Å²) >= 11 is 0. The van der Waals surface area contributed by atoms with E-state index in [-0.39, 0.29) is 29.9 Å². The minimum atomic E-state index is -0.463. The Morgan fingerprint density at radius 2 is 1.87 bits per heavy atom. The lowest BCUT2D eigenvalue weighted by Crippen LogP contribution is -2.39. The van der Waals surface area contributed by atoms with Gasteiger partial charge in [-0.3, -0.25) is 19.5 Å². The van der Waals surface area contributed by atoms with Gasteiger partial charge in [-0.1, -0.05) is 24.3 Å². The lowest BCUT2D eigenvalue weighted by Gasteiger charge is -2.12. The highest BCUT2D eigenvalue weighted by molar-refractivity contribution is 5.72. The van der Waals surface area contributed by atoms with Crippen molar-refractivity contribution in [2.24, 2.45) is 0 Å². The molecule has 0 unspecified atom stereocenters. The number of aryl methyl sites for hydroxylation is 1. The molecule has 0 fully saturated rings. The maximum atomic E-state index is 13.1. The first-order valence-corrected chi connectivity index (χ1v) is 9.41. The number of nitro benzene ring substituents is 1. The predicted octanol–water partition coefficient (Wildman–Crippen LogP) is 2.63. The van der Waals surface area contributed by atoms with Gasteiger partial charge in [-0.15, -0.1) is 0 Å². The zero-order valence-electron chi connectivity index (χ0n) is 16.5. The van der Waals surface area contributed by atoms with Crippen LogP contribution in [0.3, 0.4) is 0 Å². The first-order valence-electron chi connectivity index (χ1n) is 9.41. The third kappa shape index (κ3) is 3.20. The molecule has 0 bridgehead atoms. The third-order valence-electron chi connectivity index (χ3n) is 4.95. The van der Waals surface area contributed by atoms with Crippen molar-refractivity contribution in [2.45, 2.75) is 26.9 Å². The molecule has 0 amide bonds. The lowest BCUT2D eigenvalue weighted by molar-refractivity contribution is -0.384. The van der Waals surface area contributed by atoms with Crippen LogP contribution in [-0.4, -0.2) is 23.6 Å². The zero-order chi connectivity index (χ0) is 21.4. The molecule has 30 heavy (non-hydrogen) atoms. The van der Waals surface area contributed by atoms with E-state index >= 15 is 0 Å². The van der Waals surface area contributed by atoms with Gasteiger partial charge in [0.05, 0.1) is 16.9 Å². The van der Waals surface area contributed by atoms with E-state index in [1.807, 2.05) is 25.1 Å². The van der Waals surface area contributed by atoms with Gasteiger partial charge in [-0.2, -0.15) is 0 Å².